The molecule has 1 fully saturated rings. The minimum absolute atomic E-state index is 0.102. The highest BCUT2D eigenvalue weighted by molar-refractivity contribution is 6.46. The molecule has 0 aromatic heterocycles. The van der Waals surface area contributed by atoms with Crippen molar-refractivity contribution in [2.75, 3.05) is 13.2 Å². The number of amides is 1. The van der Waals surface area contributed by atoms with Crippen LogP contribution in [0.4, 0.5) is 5.69 Å². The van der Waals surface area contributed by atoms with E-state index in [0.717, 1.165) is 0 Å². The number of aliphatic hydroxyl groups is 2. The largest absolute Gasteiger partial charge is 0.507 e. The molecule has 2 aromatic rings. The summed E-state index contributed by atoms with van der Waals surface area (Å²) < 4.78 is 0. The van der Waals surface area contributed by atoms with Gasteiger partial charge in [-0.25, -0.2) is 0 Å². The Morgan fingerprint density at radius 2 is 1.71 bits per heavy atom. The fourth-order valence-corrected chi connectivity index (χ4v) is 3.23. The third-order valence-corrected chi connectivity index (χ3v) is 4.67. The summed E-state index contributed by atoms with van der Waals surface area (Å²) in [7, 11) is 0. The van der Waals surface area contributed by atoms with Gasteiger partial charge in [-0.05, 0) is 29.8 Å². The van der Waals surface area contributed by atoms with E-state index in [9.17, 15) is 29.9 Å². The number of halogens is 1. The van der Waals surface area contributed by atoms with E-state index in [4.69, 9.17) is 11.6 Å². The topological polar surface area (TPSA) is 121 Å². The predicted molar refractivity (Wildman–Crippen MR) is 101 cm³/mol. The normalized spacial score (nSPS) is 18.5. The summed E-state index contributed by atoms with van der Waals surface area (Å²) in [4.78, 5) is 36.4. The summed E-state index contributed by atoms with van der Waals surface area (Å²) in [5.74, 6) is -2.20. The smallest absolute Gasteiger partial charge is 0.295 e. The Hall–Kier alpha value is -3.23. The van der Waals surface area contributed by atoms with Crippen LogP contribution in [0.2, 0.25) is 5.02 Å². The summed E-state index contributed by atoms with van der Waals surface area (Å²) in [5.41, 5.74) is 0.355. The van der Waals surface area contributed by atoms with Crippen LogP contribution in [0.15, 0.2) is 54.1 Å². The van der Waals surface area contributed by atoms with Gasteiger partial charge in [-0.1, -0.05) is 23.7 Å². The Morgan fingerprint density at radius 3 is 2.25 bits per heavy atom. The van der Waals surface area contributed by atoms with Crippen molar-refractivity contribution in [3.8, 4) is 0 Å². The number of aliphatic hydroxyl groups excluding tert-OH is 2. The minimum Gasteiger partial charge on any atom is -0.507 e. The molecular formula is C19H15ClN2O6. The zero-order valence-electron chi connectivity index (χ0n) is 14.4. The second-order valence-electron chi connectivity index (χ2n) is 6.07. The zero-order valence-corrected chi connectivity index (χ0v) is 15.2. The maximum absolute atomic E-state index is 12.6. The van der Waals surface area contributed by atoms with Crippen LogP contribution in [0.3, 0.4) is 0 Å². The first-order valence-corrected chi connectivity index (χ1v) is 8.62. The minimum atomic E-state index is -0.917. The van der Waals surface area contributed by atoms with Gasteiger partial charge >= 0.3 is 0 Å². The molecule has 0 saturated carbocycles. The number of benzene rings is 2. The number of hydrogen-bond donors (Lipinski definition) is 2. The molecule has 0 bridgehead atoms. The zero-order chi connectivity index (χ0) is 20.4. The molecule has 1 heterocycles. The number of rotatable bonds is 5. The highest BCUT2D eigenvalue weighted by Crippen LogP contribution is 2.39. The monoisotopic (exact) mass is 402 g/mol. The van der Waals surface area contributed by atoms with Gasteiger partial charge in [0.2, 0.25) is 0 Å². The lowest BCUT2D eigenvalue weighted by molar-refractivity contribution is -0.384. The van der Waals surface area contributed by atoms with Gasteiger partial charge in [0.1, 0.15) is 5.76 Å². The second kappa shape index (κ2) is 7.79. The number of nitrogens with zero attached hydrogens (tertiary/aromatic N) is 2. The second-order valence-corrected chi connectivity index (χ2v) is 6.51. The summed E-state index contributed by atoms with van der Waals surface area (Å²) in [6.45, 7) is -0.469. The van der Waals surface area contributed by atoms with Gasteiger partial charge in [0.25, 0.3) is 17.4 Å². The van der Waals surface area contributed by atoms with Crippen molar-refractivity contribution >= 4 is 34.7 Å². The predicted octanol–water partition coefficient (Wildman–Crippen LogP) is 2.66. The fraction of sp³-hybridized carbons (Fsp3) is 0.158. The Kier molecular flexibility index (Phi) is 5.43. The molecule has 144 valence electrons. The average Bonchev–Trinajstić information content (AvgIpc) is 2.93. The van der Waals surface area contributed by atoms with E-state index in [0.29, 0.717) is 10.6 Å². The third kappa shape index (κ3) is 3.47. The van der Waals surface area contributed by atoms with Crippen molar-refractivity contribution in [1.82, 2.24) is 4.90 Å². The van der Waals surface area contributed by atoms with Gasteiger partial charge in [0.15, 0.2) is 0 Å². The number of nitro benzene ring substituents is 1. The maximum atomic E-state index is 12.6. The van der Waals surface area contributed by atoms with Crippen LogP contribution < -0.4 is 0 Å². The molecule has 1 saturated heterocycles. The number of carbonyl (C=O) groups is 2. The van der Waals surface area contributed by atoms with Crippen molar-refractivity contribution < 1.29 is 24.7 Å². The molecule has 1 amide bonds. The van der Waals surface area contributed by atoms with Crippen LogP contribution in [0, 0.1) is 10.1 Å². The van der Waals surface area contributed by atoms with E-state index in [1.54, 1.807) is 24.3 Å². The highest BCUT2D eigenvalue weighted by Gasteiger charge is 2.45. The summed E-state index contributed by atoms with van der Waals surface area (Å²) in [5, 5.41) is 31.3. The number of ketones is 1. The van der Waals surface area contributed by atoms with Crippen molar-refractivity contribution in [1.29, 1.82) is 0 Å². The van der Waals surface area contributed by atoms with Crippen LogP contribution in [-0.2, 0) is 9.59 Å². The first-order valence-electron chi connectivity index (χ1n) is 8.24. The molecule has 28 heavy (non-hydrogen) atoms. The Morgan fingerprint density at radius 1 is 1.11 bits per heavy atom. The van der Waals surface area contributed by atoms with E-state index < -0.39 is 28.4 Å². The van der Waals surface area contributed by atoms with Crippen molar-refractivity contribution in [3.63, 3.8) is 0 Å². The van der Waals surface area contributed by atoms with Crippen LogP contribution in [-0.4, -0.2) is 44.9 Å². The third-order valence-electron chi connectivity index (χ3n) is 4.42. The molecule has 1 aliphatic heterocycles. The molecular weight excluding hydrogens is 388 g/mol. The fourth-order valence-electron chi connectivity index (χ4n) is 3.11. The molecule has 0 unspecified atom stereocenters. The molecule has 2 N–H and O–H groups in total. The Balaban J connectivity index is 2.14. The standard InChI is InChI=1S/C19H15ClN2O6/c20-13-5-1-11(2-6-13)16-15(18(25)19(26)21(16)9-10-23)17(24)12-3-7-14(8-4-12)22(27)28/h1-8,16,23-24H,9-10H2/t16-/m1/s1. The quantitative estimate of drug-likeness (QED) is 0.261. The van der Waals surface area contributed by atoms with E-state index in [-0.39, 0.29) is 30.0 Å². The number of nitro groups is 1. The van der Waals surface area contributed by atoms with E-state index in [2.05, 4.69) is 0 Å². The number of β-amino-alcohol motifs (C(OH)–C–C–N with tert-alkyl or cyclic N) is 1. The lowest BCUT2D eigenvalue weighted by Gasteiger charge is -2.24. The van der Waals surface area contributed by atoms with Gasteiger partial charge in [0.05, 0.1) is 23.1 Å². The van der Waals surface area contributed by atoms with Gasteiger partial charge in [-0.2, -0.15) is 0 Å². The molecule has 0 aliphatic carbocycles. The number of non-ortho nitro benzene ring substituents is 1. The van der Waals surface area contributed by atoms with Crippen LogP contribution >= 0.6 is 11.6 Å². The SMILES string of the molecule is O=C1C(=O)N(CCO)[C@H](c2ccc(Cl)cc2)C1=C(O)c1ccc([N+](=O)[O-])cc1. The van der Waals surface area contributed by atoms with Crippen molar-refractivity contribution in [2.24, 2.45) is 0 Å². The molecule has 3 rings (SSSR count). The first kappa shape index (κ1) is 19.5. The van der Waals surface area contributed by atoms with Crippen LogP contribution in [0.1, 0.15) is 17.2 Å². The van der Waals surface area contributed by atoms with Gasteiger partial charge in [0, 0.05) is 29.3 Å². The molecule has 0 spiro atoms. The van der Waals surface area contributed by atoms with Crippen LogP contribution in [0.5, 0.6) is 0 Å². The number of carbonyl (C=O) groups excluding carboxylic acids is 2. The summed E-state index contributed by atoms with van der Waals surface area (Å²) in [6, 6.07) is 10.5. The Labute approximate surface area is 164 Å². The molecule has 2 aromatic carbocycles. The average molecular weight is 403 g/mol. The molecule has 1 atom stereocenters. The molecule has 1 aliphatic rings. The molecule has 0 radical (unpaired) electrons. The molecule has 8 nitrogen and oxygen atoms in total. The van der Waals surface area contributed by atoms with Gasteiger partial charge in [-0.3, -0.25) is 19.7 Å². The van der Waals surface area contributed by atoms with Gasteiger partial charge in [-0.15, -0.1) is 0 Å². The lowest BCUT2D eigenvalue weighted by Crippen LogP contribution is -2.32. The summed E-state index contributed by atoms with van der Waals surface area (Å²) in [6.07, 6.45) is 0. The maximum Gasteiger partial charge on any atom is 0.295 e. The van der Waals surface area contributed by atoms with E-state index >= 15 is 0 Å². The van der Waals surface area contributed by atoms with E-state index in [1.807, 2.05) is 0 Å². The van der Waals surface area contributed by atoms with Crippen molar-refractivity contribution in [2.45, 2.75) is 6.04 Å². The first-order chi connectivity index (χ1) is 13.3. The lowest BCUT2D eigenvalue weighted by atomic mass is 9.95. The highest BCUT2D eigenvalue weighted by atomic mass is 35.5. The van der Waals surface area contributed by atoms with E-state index in [1.165, 1.54) is 29.2 Å². The number of Topliss-reactive ketones (excluding diaryl/α,β-unsaturated/α-hetero) is 1. The number of hydrogen-bond acceptors (Lipinski definition) is 6. The Bertz CT molecular complexity index is 969. The van der Waals surface area contributed by atoms with Crippen LogP contribution in [0.25, 0.3) is 5.76 Å². The van der Waals surface area contributed by atoms with Gasteiger partial charge < -0.3 is 15.1 Å². The summed E-state index contributed by atoms with van der Waals surface area (Å²) >= 11 is 5.90. The van der Waals surface area contributed by atoms with Crippen molar-refractivity contribution in [3.05, 3.63) is 80.4 Å². The molecule has 9 heteroatoms. The number of likely N-dealkylation sites (tertiary alicyclic amines) is 1.